The molecule has 0 aliphatic heterocycles. The zero-order valence-electron chi connectivity index (χ0n) is 13.5. The molecule has 3 aromatic rings. The summed E-state index contributed by atoms with van der Waals surface area (Å²) in [7, 11) is 0. The van der Waals surface area contributed by atoms with Crippen molar-refractivity contribution in [3.8, 4) is 16.3 Å². The fourth-order valence-corrected chi connectivity index (χ4v) is 3.53. The van der Waals surface area contributed by atoms with Crippen molar-refractivity contribution in [2.24, 2.45) is 0 Å². The summed E-state index contributed by atoms with van der Waals surface area (Å²) < 4.78 is 5.92. The number of aromatic nitrogens is 1. The molecule has 0 bridgehead atoms. The summed E-state index contributed by atoms with van der Waals surface area (Å²) in [5, 5.41) is 10.4. The largest absolute Gasteiger partial charge is 0.493 e. The van der Waals surface area contributed by atoms with Crippen LogP contribution in [0.1, 0.15) is 20.9 Å². The Labute approximate surface area is 154 Å². The average molecular weight is 374 g/mol. The van der Waals surface area contributed by atoms with Gasteiger partial charge in [0.15, 0.2) is 0 Å². The Morgan fingerprint density at radius 2 is 2.00 bits per heavy atom. The number of halogens is 1. The lowest BCUT2D eigenvalue weighted by Gasteiger charge is -2.10. The molecule has 0 aliphatic carbocycles. The van der Waals surface area contributed by atoms with Gasteiger partial charge in [0.05, 0.1) is 17.9 Å². The fourth-order valence-electron chi connectivity index (χ4n) is 2.43. The topological polar surface area (TPSA) is 59.4 Å². The molecule has 0 fully saturated rings. The van der Waals surface area contributed by atoms with E-state index in [0.29, 0.717) is 33.6 Å². The predicted molar refractivity (Wildman–Crippen MR) is 99.9 cm³/mol. The fraction of sp³-hybridized carbons (Fsp3) is 0.158. The smallest absolute Gasteiger partial charge is 0.347 e. The van der Waals surface area contributed by atoms with Crippen molar-refractivity contribution in [1.82, 2.24) is 4.98 Å². The molecule has 0 saturated heterocycles. The number of hydrogen-bond acceptors (Lipinski definition) is 4. The van der Waals surface area contributed by atoms with Crippen molar-refractivity contribution in [2.45, 2.75) is 13.3 Å². The first-order valence-electron chi connectivity index (χ1n) is 7.72. The molecule has 2 aromatic carbocycles. The molecule has 25 heavy (non-hydrogen) atoms. The van der Waals surface area contributed by atoms with E-state index in [1.165, 1.54) is 5.56 Å². The number of ether oxygens (including phenoxy) is 1. The molecule has 0 amide bonds. The Balaban J connectivity index is 1.83. The van der Waals surface area contributed by atoms with E-state index in [1.54, 1.807) is 25.1 Å². The van der Waals surface area contributed by atoms with Gasteiger partial charge in [-0.3, -0.25) is 0 Å². The maximum atomic E-state index is 11.3. The van der Waals surface area contributed by atoms with Gasteiger partial charge in [-0.25, -0.2) is 9.78 Å². The van der Waals surface area contributed by atoms with Crippen molar-refractivity contribution in [2.75, 3.05) is 6.61 Å². The van der Waals surface area contributed by atoms with Crippen LogP contribution >= 0.6 is 22.9 Å². The van der Waals surface area contributed by atoms with Gasteiger partial charge in [-0.1, -0.05) is 41.9 Å². The minimum atomic E-state index is -0.977. The number of carboxylic acid groups (broad SMARTS) is 1. The highest BCUT2D eigenvalue weighted by Crippen LogP contribution is 2.36. The molecule has 0 saturated carbocycles. The van der Waals surface area contributed by atoms with Crippen LogP contribution in [0.3, 0.4) is 0 Å². The molecule has 6 heteroatoms. The van der Waals surface area contributed by atoms with Crippen LogP contribution in [0, 0.1) is 6.92 Å². The zero-order chi connectivity index (χ0) is 17.8. The van der Waals surface area contributed by atoms with Crippen LogP contribution in [0.2, 0.25) is 5.02 Å². The van der Waals surface area contributed by atoms with Crippen LogP contribution in [0.5, 0.6) is 5.75 Å². The quantitative estimate of drug-likeness (QED) is 0.653. The number of nitrogens with zero attached hydrogens (tertiary/aromatic N) is 1. The SMILES string of the molecule is Cc1nc(-c2cc(Cl)ccc2OCCc2ccccc2)sc1C(=O)O. The third kappa shape index (κ3) is 4.18. The molecule has 0 unspecified atom stereocenters. The van der Waals surface area contributed by atoms with Gasteiger partial charge in [-0.05, 0) is 30.7 Å². The highest BCUT2D eigenvalue weighted by Gasteiger charge is 2.18. The van der Waals surface area contributed by atoms with Crippen LogP contribution in [-0.2, 0) is 6.42 Å². The summed E-state index contributed by atoms with van der Waals surface area (Å²) in [6.07, 6.45) is 0.778. The van der Waals surface area contributed by atoms with Gasteiger partial charge in [0.2, 0.25) is 0 Å². The summed E-state index contributed by atoms with van der Waals surface area (Å²) in [6.45, 7) is 2.19. The van der Waals surface area contributed by atoms with E-state index in [1.807, 2.05) is 18.2 Å². The highest BCUT2D eigenvalue weighted by atomic mass is 35.5. The lowest BCUT2D eigenvalue weighted by Crippen LogP contribution is -2.02. The number of rotatable bonds is 6. The predicted octanol–water partition coefficient (Wildman–Crippen LogP) is 5.09. The molecule has 1 heterocycles. The molecule has 1 aromatic heterocycles. The van der Waals surface area contributed by atoms with E-state index in [-0.39, 0.29) is 4.88 Å². The van der Waals surface area contributed by atoms with Crippen LogP contribution < -0.4 is 4.74 Å². The summed E-state index contributed by atoms with van der Waals surface area (Å²) >= 11 is 7.23. The number of hydrogen-bond donors (Lipinski definition) is 1. The Kier molecular flexibility index (Phi) is 5.36. The molecule has 4 nitrogen and oxygen atoms in total. The van der Waals surface area contributed by atoms with Gasteiger partial charge in [0, 0.05) is 11.4 Å². The second-order valence-corrected chi connectivity index (χ2v) is 6.90. The lowest BCUT2D eigenvalue weighted by molar-refractivity contribution is 0.0701. The third-order valence-electron chi connectivity index (χ3n) is 3.65. The van der Waals surface area contributed by atoms with Crippen molar-refractivity contribution in [3.63, 3.8) is 0 Å². The van der Waals surface area contributed by atoms with E-state index in [4.69, 9.17) is 16.3 Å². The summed E-state index contributed by atoms with van der Waals surface area (Å²) in [4.78, 5) is 15.9. The molecule has 0 aliphatic rings. The average Bonchev–Trinajstić information content (AvgIpc) is 2.99. The maximum Gasteiger partial charge on any atom is 0.347 e. The third-order valence-corrected chi connectivity index (χ3v) is 5.07. The van der Waals surface area contributed by atoms with Crippen LogP contribution in [-0.4, -0.2) is 22.7 Å². The molecular weight excluding hydrogens is 358 g/mol. The van der Waals surface area contributed by atoms with Crippen molar-refractivity contribution >= 4 is 28.9 Å². The molecule has 128 valence electrons. The first-order valence-corrected chi connectivity index (χ1v) is 8.91. The van der Waals surface area contributed by atoms with Crippen molar-refractivity contribution in [1.29, 1.82) is 0 Å². The number of carbonyl (C=O) groups is 1. The van der Waals surface area contributed by atoms with Gasteiger partial charge in [-0.15, -0.1) is 11.3 Å². The normalized spacial score (nSPS) is 10.6. The second-order valence-electron chi connectivity index (χ2n) is 5.46. The Hall–Kier alpha value is -2.37. The molecule has 1 N–H and O–H groups in total. The summed E-state index contributed by atoms with van der Waals surface area (Å²) in [6, 6.07) is 15.4. The highest BCUT2D eigenvalue weighted by molar-refractivity contribution is 7.17. The molecule has 3 rings (SSSR count). The standard InChI is InChI=1S/C19H16ClNO3S/c1-12-17(19(22)23)25-18(21-12)15-11-14(20)7-8-16(15)24-10-9-13-5-3-2-4-6-13/h2-8,11H,9-10H2,1H3,(H,22,23). The lowest BCUT2D eigenvalue weighted by atomic mass is 10.1. The molecule has 0 spiro atoms. The zero-order valence-corrected chi connectivity index (χ0v) is 15.1. The van der Waals surface area contributed by atoms with E-state index < -0.39 is 5.97 Å². The summed E-state index contributed by atoms with van der Waals surface area (Å²) in [5.74, 6) is -0.333. The number of aryl methyl sites for hydroxylation is 1. The maximum absolute atomic E-state index is 11.3. The first kappa shape index (κ1) is 17.5. The molecular formula is C19H16ClNO3S. The Morgan fingerprint density at radius 1 is 1.24 bits per heavy atom. The Morgan fingerprint density at radius 3 is 2.68 bits per heavy atom. The van der Waals surface area contributed by atoms with Gasteiger partial charge >= 0.3 is 5.97 Å². The number of thiazole rings is 1. The molecule has 0 atom stereocenters. The number of aromatic carboxylic acids is 1. The van der Waals surface area contributed by atoms with E-state index in [0.717, 1.165) is 17.8 Å². The minimum absolute atomic E-state index is 0.227. The van der Waals surface area contributed by atoms with Gasteiger partial charge < -0.3 is 9.84 Å². The van der Waals surface area contributed by atoms with Crippen LogP contribution in [0.25, 0.3) is 10.6 Å². The van der Waals surface area contributed by atoms with E-state index in [2.05, 4.69) is 17.1 Å². The molecule has 0 radical (unpaired) electrons. The number of carboxylic acids is 1. The minimum Gasteiger partial charge on any atom is -0.493 e. The van der Waals surface area contributed by atoms with E-state index >= 15 is 0 Å². The van der Waals surface area contributed by atoms with Crippen LogP contribution in [0.4, 0.5) is 0 Å². The van der Waals surface area contributed by atoms with Crippen LogP contribution in [0.15, 0.2) is 48.5 Å². The van der Waals surface area contributed by atoms with Gasteiger partial charge in [-0.2, -0.15) is 0 Å². The Bertz CT molecular complexity index is 893. The van der Waals surface area contributed by atoms with Gasteiger partial charge in [0.25, 0.3) is 0 Å². The van der Waals surface area contributed by atoms with Crippen molar-refractivity contribution in [3.05, 3.63) is 69.7 Å². The monoisotopic (exact) mass is 373 g/mol. The summed E-state index contributed by atoms with van der Waals surface area (Å²) in [5.41, 5.74) is 2.39. The van der Waals surface area contributed by atoms with Gasteiger partial charge in [0.1, 0.15) is 15.6 Å². The second kappa shape index (κ2) is 7.68. The van der Waals surface area contributed by atoms with E-state index in [9.17, 15) is 9.90 Å². The first-order chi connectivity index (χ1) is 12.0. The van der Waals surface area contributed by atoms with Crippen molar-refractivity contribution < 1.29 is 14.6 Å². The number of benzene rings is 2.